The Morgan fingerprint density at radius 1 is 1.43 bits per heavy atom. The van der Waals surface area contributed by atoms with Crippen molar-refractivity contribution in [2.24, 2.45) is 0 Å². The van der Waals surface area contributed by atoms with Crippen molar-refractivity contribution in [1.29, 1.82) is 0 Å². The van der Waals surface area contributed by atoms with Gasteiger partial charge in [0.05, 0.1) is 6.54 Å². The number of urea groups is 1. The lowest BCUT2D eigenvalue weighted by Crippen LogP contribution is -2.49. The molecular formula is C15H24N2O3S. The molecule has 1 aromatic heterocycles. The standard InChI is InChI=1S/C15H24N2O3S/c1-4-5-8-13(14(18)19)16-15(20)17(11(2)3)10-12-7-6-9-21-12/h6-7,9,11,13H,4-5,8,10H2,1-3H3,(H,16,20)(H,18,19)/t13-/m0/s1. The molecule has 2 N–H and O–H groups in total. The number of aliphatic carboxylic acids is 1. The molecule has 0 saturated heterocycles. The molecule has 0 radical (unpaired) electrons. The van der Waals surface area contributed by atoms with Gasteiger partial charge < -0.3 is 15.3 Å². The Morgan fingerprint density at radius 2 is 2.14 bits per heavy atom. The predicted molar refractivity (Wildman–Crippen MR) is 84.5 cm³/mol. The van der Waals surface area contributed by atoms with E-state index in [-0.39, 0.29) is 12.1 Å². The van der Waals surface area contributed by atoms with Crippen molar-refractivity contribution in [3.63, 3.8) is 0 Å². The summed E-state index contributed by atoms with van der Waals surface area (Å²) in [5.74, 6) is -0.975. The molecule has 21 heavy (non-hydrogen) atoms. The van der Waals surface area contributed by atoms with Crippen LogP contribution in [0.25, 0.3) is 0 Å². The van der Waals surface area contributed by atoms with E-state index in [1.54, 1.807) is 16.2 Å². The maximum absolute atomic E-state index is 12.3. The van der Waals surface area contributed by atoms with Crippen molar-refractivity contribution in [3.05, 3.63) is 22.4 Å². The van der Waals surface area contributed by atoms with Gasteiger partial charge in [0.25, 0.3) is 0 Å². The van der Waals surface area contributed by atoms with Gasteiger partial charge in [-0.15, -0.1) is 11.3 Å². The molecule has 0 aliphatic rings. The van der Waals surface area contributed by atoms with Crippen molar-refractivity contribution in [3.8, 4) is 0 Å². The minimum absolute atomic E-state index is 0.00715. The van der Waals surface area contributed by atoms with Gasteiger partial charge in [0.15, 0.2) is 0 Å². The van der Waals surface area contributed by atoms with E-state index in [4.69, 9.17) is 0 Å². The highest BCUT2D eigenvalue weighted by molar-refractivity contribution is 7.09. The van der Waals surface area contributed by atoms with Gasteiger partial charge in [-0.3, -0.25) is 0 Å². The summed E-state index contributed by atoms with van der Waals surface area (Å²) >= 11 is 1.59. The lowest BCUT2D eigenvalue weighted by molar-refractivity contribution is -0.139. The molecule has 1 atom stereocenters. The lowest BCUT2D eigenvalue weighted by Gasteiger charge is -2.28. The third kappa shape index (κ3) is 5.75. The Hall–Kier alpha value is -1.56. The normalized spacial score (nSPS) is 12.2. The van der Waals surface area contributed by atoms with E-state index in [1.165, 1.54) is 0 Å². The Labute approximate surface area is 130 Å². The minimum Gasteiger partial charge on any atom is -0.480 e. The number of rotatable bonds is 8. The van der Waals surface area contributed by atoms with E-state index in [1.807, 2.05) is 38.3 Å². The van der Waals surface area contributed by atoms with Gasteiger partial charge in [-0.05, 0) is 31.7 Å². The molecule has 6 heteroatoms. The van der Waals surface area contributed by atoms with Crippen LogP contribution in [0.5, 0.6) is 0 Å². The second-order valence-electron chi connectivity index (χ2n) is 5.28. The third-order valence-corrected chi connectivity index (χ3v) is 4.09. The SMILES string of the molecule is CCCC[C@H](NC(=O)N(Cc1cccs1)C(C)C)C(=O)O. The summed E-state index contributed by atoms with van der Waals surface area (Å²) < 4.78 is 0. The Balaban J connectivity index is 2.68. The summed E-state index contributed by atoms with van der Waals surface area (Å²) in [4.78, 5) is 26.3. The van der Waals surface area contributed by atoms with Gasteiger partial charge in [-0.25, -0.2) is 9.59 Å². The maximum Gasteiger partial charge on any atom is 0.326 e. The number of unbranched alkanes of at least 4 members (excludes halogenated alkanes) is 1. The van der Waals surface area contributed by atoms with Crippen LogP contribution < -0.4 is 5.32 Å². The lowest BCUT2D eigenvalue weighted by atomic mass is 10.1. The summed E-state index contributed by atoms with van der Waals surface area (Å²) in [6.45, 7) is 6.35. The van der Waals surface area contributed by atoms with Gasteiger partial charge in [-0.1, -0.05) is 25.8 Å². The minimum atomic E-state index is -0.975. The predicted octanol–water partition coefficient (Wildman–Crippen LogP) is 3.31. The molecule has 0 aliphatic carbocycles. The van der Waals surface area contributed by atoms with Crippen molar-refractivity contribution < 1.29 is 14.7 Å². The summed E-state index contributed by atoms with van der Waals surface area (Å²) in [5.41, 5.74) is 0. The van der Waals surface area contributed by atoms with Crippen LogP contribution >= 0.6 is 11.3 Å². The van der Waals surface area contributed by atoms with Gasteiger partial charge >= 0.3 is 12.0 Å². The zero-order valence-corrected chi connectivity index (χ0v) is 13.7. The fourth-order valence-electron chi connectivity index (χ4n) is 1.96. The van der Waals surface area contributed by atoms with Crippen LogP contribution in [0.1, 0.15) is 44.9 Å². The average Bonchev–Trinajstić information content (AvgIpc) is 2.92. The molecule has 1 heterocycles. The van der Waals surface area contributed by atoms with Crippen molar-refractivity contribution >= 4 is 23.3 Å². The van der Waals surface area contributed by atoms with E-state index in [2.05, 4.69) is 5.32 Å². The van der Waals surface area contributed by atoms with E-state index >= 15 is 0 Å². The quantitative estimate of drug-likeness (QED) is 0.773. The van der Waals surface area contributed by atoms with Crippen LogP contribution in [0.3, 0.4) is 0 Å². The Morgan fingerprint density at radius 3 is 2.62 bits per heavy atom. The summed E-state index contributed by atoms with van der Waals surface area (Å²) in [6, 6.07) is 2.79. The number of nitrogens with one attached hydrogen (secondary N) is 1. The number of nitrogens with zero attached hydrogens (tertiary/aromatic N) is 1. The molecule has 2 amide bonds. The highest BCUT2D eigenvalue weighted by atomic mass is 32.1. The molecule has 0 aromatic carbocycles. The molecule has 0 unspecified atom stereocenters. The van der Waals surface area contributed by atoms with Crippen molar-refractivity contribution in [2.75, 3.05) is 0 Å². The van der Waals surface area contributed by atoms with Gasteiger partial charge in [0, 0.05) is 10.9 Å². The highest BCUT2D eigenvalue weighted by Crippen LogP contribution is 2.14. The Bertz CT molecular complexity index is 446. The van der Waals surface area contributed by atoms with Gasteiger partial charge in [0.1, 0.15) is 6.04 Å². The number of amides is 2. The number of carbonyl (C=O) groups is 2. The number of carbonyl (C=O) groups excluding carboxylic acids is 1. The number of carboxylic acids is 1. The van der Waals surface area contributed by atoms with E-state index < -0.39 is 12.0 Å². The first-order valence-electron chi connectivity index (χ1n) is 7.28. The van der Waals surface area contributed by atoms with Crippen LogP contribution in [0.4, 0.5) is 4.79 Å². The second kappa shape index (κ2) is 8.67. The molecule has 0 spiro atoms. The molecule has 0 aliphatic heterocycles. The van der Waals surface area contributed by atoms with Crippen LogP contribution in [0.2, 0.25) is 0 Å². The second-order valence-corrected chi connectivity index (χ2v) is 6.32. The number of hydrogen-bond donors (Lipinski definition) is 2. The first kappa shape index (κ1) is 17.5. The van der Waals surface area contributed by atoms with Gasteiger partial charge in [-0.2, -0.15) is 0 Å². The molecule has 1 rings (SSSR count). The monoisotopic (exact) mass is 312 g/mol. The van der Waals surface area contributed by atoms with E-state index in [0.717, 1.165) is 17.7 Å². The topological polar surface area (TPSA) is 69.6 Å². The zero-order valence-electron chi connectivity index (χ0n) is 12.8. The highest BCUT2D eigenvalue weighted by Gasteiger charge is 2.24. The molecule has 5 nitrogen and oxygen atoms in total. The molecule has 0 bridgehead atoms. The largest absolute Gasteiger partial charge is 0.480 e. The summed E-state index contributed by atoms with van der Waals surface area (Å²) in [6.07, 6.45) is 2.15. The third-order valence-electron chi connectivity index (χ3n) is 3.23. The van der Waals surface area contributed by atoms with Gasteiger partial charge in [0.2, 0.25) is 0 Å². The van der Waals surface area contributed by atoms with E-state index in [9.17, 15) is 14.7 Å². The average molecular weight is 312 g/mol. The number of hydrogen-bond acceptors (Lipinski definition) is 3. The first-order valence-corrected chi connectivity index (χ1v) is 8.16. The molecule has 0 saturated carbocycles. The summed E-state index contributed by atoms with van der Waals surface area (Å²) in [7, 11) is 0. The maximum atomic E-state index is 12.3. The smallest absolute Gasteiger partial charge is 0.326 e. The Kier molecular flexibility index (Phi) is 7.22. The molecule has 118 valence electrons. The van der Waals surface area contributed by atoms with Crippen molar-refractivity contribution in [2.45, 2.75) is 58.7 Å². The van der Waals surface area contributed by atoms with Crippen LogP contribution in [0, 0.1) is 0 Å². The van der Waals surface area contributed by atoms with Crippen LogP contribution in [-0.2, 0) is 11.3 Å². The molecular weight excluding hydrogens is 288 g/mol. The van der Waals surface area contributed by atoms with E-state index in [0.29, 0.717) is 13.0 Å². The summed E-state index contributed by atoms with van der Waals surface area (Å²) in [5, 5.41) is 13.8. The molecule has 1 aromatic rings. The molecule has 0 fully saturated rings. The first-order chi connectivity index (χ1) is 9.95. The fraction of sp³-hybridized carbons (Fsp3) is 0.600. The fourth-order valence-corrected chi connectivity index (χ4v) is 2.66. The number of carboxylic acid groups (broad SMARTS) is 1. The van der Waals surface area contributed by atoms with Crippen LogP contribution in [0.15, 0.2) is 17.5 Å². The number of thiophene rings is 1. The van der Waals surface area contributed by atoms with Crippen molar-refractivity contribution in [1.82, 2.24) is 10.2 Å². The zero-order chi connectivity index (χ0) is 15.8. The van der Waals surface area contributed by atoms with Crippen LogP contribution in [-0.4, -0.2) is 34.1 Å².